The Labute approximate surface area is 70.7 Å². The van der Waals surface area contributed by atoms with E-state index < -0.39 is 12.1 Å². The van der Waals surface area contributed by atoms with E-state index in [-0.39, 0.29) is 36.5 Å². The van der Waals surface area contributed by atoms with E-state index in [4.69, 9.17) is 10.2 Å². The molecule has 3 nitrogen and oxygen atoms in total. The van der Waals surface area contributed by atoms with Gasteiger partial charge in [-0.05, 0) is 6.92 Å². The van der Waals surface area contributed by atoms with Crippen molar-refractivity contribution in [3.8, 4) is 0 Å². The summed E-state index contributed by atoms with van der Waals surface area (Å²) >= 11 is 0. The third-order valence-corrected chi connectivity index (χ3v) is 0.357. The smallest absolute Gasteiger partial charge is 0.332 e. The van der Waals surface area contributed by atoms with Crippen LogP contribution in [0, 0.1) is 0 Å². The van der Waals surface area contributed by atoms with Crippen LogP contribution in [-0.2, 0) is 41.3 Å². The molecule has 0 aliphatic heterocycles. The van der Waals surface area contributed by atoms with Crippen LogP contribution >= 0.6 is 0 Å². The van der Waals surface area contributed by atoms with Crippen LogP contribution in [0.3, 0.4) is 0 Å². The molecular formula is C3H6FeO3Zn. The molecule has 0 amide bonds. The first-order chi connectivity index (χ1) is 2.64. The van der Waals surface area contributed by atoms with Crippen LogP contribution in [0.4, 0.5) is 0 Å². The molecule has 5 heteroatoms. The molecule has 0 heterocycles. The molecular weight excluding hydrogens is 205 g/mol. The molecule has 0 aromatic carbocycles. The van der Waals surface area contributed by atoms with Gasteiger partial charge in [0.05, 0.1) is 0 Å². The number of carboxylic acid groups (broad SMARTS) is 1. The summed E-state index contributed by atoms with van der Waals surface area (Å²) in [7, 11) is 0. The number of aliphatic carboxylic acids is 1. The Hall–Kier alpha value is 0.573. The Morgan fingerprint density at radius 3 is 1.75 bits per heavy atom. The van der Waals surface area contributed by atoms with Crippen LogP contribution in [0.2, 0.25) is 0 Å². The van der Waals surface area contributed by atoms with Gasteiger partial charge in [-0.2, -0.15) is 0 Å². The summed E-state index contributed by atoms with van der Waals surface area (Å²) in [5.74, 6) is -1.19. The van der Waals surface area contributed by atoms with Gasteiger partial charge in [0.1, 0.15) is 6.10 Å². The number of carboxylic acids is 1. The van der Waals surface area contributed by atoms with Crippen molar-refractivity contribution in [1.82, 2.24) is 0 Å². The van der Waals surface area contributed by atoms with E-state index in [9.17, 15) is 4.79 Å². The zero-order chi connectivity index (χ0) is 5.15. The molecule has 1 unspecified atom stereocenters. The number of hydrogen-bond acceptors (Lipinski definition) is 2. The van der Waals surface area contributed by atoms with Gasteiger partial charge in [-0.1, -0.05) is 0 Å². The fourth-order valence-corrected chi connectivity index (χ4v) is 0. The fraction of sp³-hybridized carbons (Fsp3) is 0.667. The second-order valence-electron chi connectivity index (χ2n) is 1.01. The minimum atomic E-state index is -1.23. The van der Waals surface area contributed by atoms with Gasteiger partial charge in [-0.25, -0.2) is 4.79 Å². The zero-order valence-corrected chi connectivity index (χ0v) is 8.51. The zero-order valence-electron chi connectivity index (χ0n) is 4.44. The Kier molecular flexibility index (Phi) is 15.0. The summed E-state index contributed by atoms with van der Waals surface area (Å²) in [5, 5.41) is 15.8. The molecule has 0 spiro atoms. The van der Waals surface area contributed by atoms with E-state index in [1.54, 1.807) is 0 Å². The molecule has 0 saturated heterocycles. The number of carbonyl (C=O) groups is 1. The fourth-order valence-electron chi connectivity index (χ4n) is 0. The maximum atomic E-state index is 9.45. The van der Waals surface area contributed by atoms with E-state index >= 15 is 0 Å². The molecule has 8 heavy (non-hydrogen) atoms. The molecule has 0 fully saturated rings. The minimum absolute atomic E-state index is 0. The predicted octanol–water partition coefficient (Wildman–Crippen LogP) is -0.553. The second-order valence-corrected chi connectivity index (χ2v) is 1.01. The average molecular weight is 211 g/mol. The Morgan fingerprint density at radius 2 is 1.75 bits per heavy atom. The van der Waals surface area contributed by atoms with Crippen molar-refractivity contribution in [3.63, 3.8) is 0 Å². The van der Waals surface area contributed by atoms with Gasteiger partial charge >= 0.3 is 5.97 Å². The number of aliphatic hydroxyl groups is 1. The van der Waals surface area contributed by atoms with Crippen molar-refractivity contribution in [2.75, 3.05) is 0 Å². The van der Waals surface area contributed by atoms with Gasteiger partial charge in [-0.15, -0.1) is 0 Å². The first-order valence-corrected chi connectivity index (χ1v) is 1.55. The van der Waals surface area contributed by atoms with Crippen molar-refractivity contribution in [2.24, 2.45) is 0 Å². The van der Waals surface area contributed by atoms with Crippen LogP contribution in [0.5, 0.6) is 0 Å². The van der Waals surface area contributed by atoms with Crippen molar-refractivity contribution in [1.29, 1.82) is 0 Å². The maximum Gasteiger partial charge on any atom is 0.332 e. The van der Waals surface area contributed by atoms with Crippen molar-refractivity contribution in [2.45, 2.75) is 13.0 Å². The molecule has 1 atom stereocenters. The second kappa shape index (κ2) is 7.57. The number of rotatable bonds is 1. The van der Waals surface area contributed by atoms with Gasteiger partial charge < -0.3 is 10.2 Å². The molecule has 0 radical (unpaired) electrons. The number of aliphatic hydroxyl groups excluding tert-OH is 1. The topological polar surface area (TPSA) is 57.5 Å². The Bertz CT molecular complexity index is 65.5. The van der Waals surface area contributed by atoms with Crippen LogP contribution in [0.1, 0.15) is 6.92 Å². The third-order valence-electron chi connectivity index (χ3n) is 0.357. The summed E-state index contributed by atoms with van der Waals surface area (Å²) in [5.41, 5.74) is 0. The summed E-state index contributed by atoms with van der Waals surface area (Å²) in [6.45, 7) is 1.20. The van der Waals surface area contributed by atoms with E-state index in [1.165, 1.54) is 6.92 Å². The third kappa shape index (κ3) is 9.76. The molecule has 0 saturated carbocycles. The molecule has 0 aromatic heterocycles. The average Bonchev–Trinajstić information content (AvgIpc) is 1.36. The molecule has 0 aromatic rings. The van der Waals surface area contributed by atoms with Crippen molar-refractivity contribution < 1.29 is 51.6 Å². The maximum absolute atomic E-state index is 9.45. The van der Waals surface area contributed by atoms with Gasteiger partial charge in [-0.3, -0.25) is 0 Å². The van der Waals surface area contributed by atoms with E-state index in [2.05, 4.69) is 0 Å². The minimum Gasteiger partial charge on any atom is -0.479 e. The summed E-state index contributed by atoms with van der Waals surface area (Å²) in [4.78, 5) is 9.45. The first kappa shape index (κ1) is 15.8. The normalized spacial score (nSPS) is 10.2. The van der Waals surface area contributed by atoms with Gasteiger partial charge in [0.25, 0.3) is 0 Å². The van der Waals surface area contributed by atoms with Crippen LogP contribution < -0.4 is 0 Å². The number of hydrogen-bond donors (Lipinski definition) is 2. The van der Waals surface area contributed by atoms with Crippen LogP contribution in [-0.4, -0.2) is 22.3 Å². The van der Waals surface area contributed by atoms with Crippen molar-refractivity contribution in [3.05, 3.63) is 0 Å². The summed E-state index contributed by atoms with van der Waals surface area (Å²) in [6.07, 6.45) is -1.23. The van der Waals surface area contributed by atoms with Gasteiger partial charge in [0.15, 0.2) is 0 Å². The largest absolute Gasteiger partial charge is 0.479 e. The Morgan fingerprint density at radius 1 is 1.62 bits per heavy atom. The van der Waals surface area contributed by atoms with E-state index in [0.29, 0.717) is 0 Å². The SMILES string of the molecule is CC(O)C(=O)O.[Fe].[Zn]. The Balaban J connectivity index is -0.000000125. The summed E-state index contributed by atoms with van der Waals surface area (Å²) < 4.78 is 0. The molecule has 2 N–H and O–H groups in total. The van der Waals surface area contributed by atoms with Crippen LogP contribution in [0.15, 0.2) is 0 Å². The standard InChI is InChI=1S/C3H6O3.Fe.Zn/c1-2(4)3(5)6;;/h2,4H,1H3,(H,5,6);;. The van der Waals surface area contributed by atoms with Crippen LogP contribution in [0.25, 0.3) is 0 Å². The first-order valence-electron chi connectivity index (χ1n) is 1.55. The molecule has 0 bridgehead atoms. The van der Waals surface area contributed by atoms with Crippen molar-refractivity contribution >= 4 is 5.97 Å². The quantitative estimate of drug-likeness (QED) is 0.572. The molecule has 0 rings (SSSR count). The molecule has 0 aliphatic carbocycles. The van der Waals surface area contributed by atoms with Gasteiger partial charge in [0, 0.05) is 36.5 Å². The monoisotopic (exact) mass is 210 g/mol. The molecule has 0 aliphatic rings. The van der Waals surface area contributed by atoms with E-state index in [0.717, 1.165) is 0 Å². The summed E-state index contributed by atoms with van der Waals surface area (Å²) in [6, 6.07) is 0. The van der Waals surface area contributed by atoms with Gasteiger partial charge in [0.2, 0.25) is 0 Å². The molecule has 46 valence electrons. The van der Waals surface area contributed by atoms with E-state index in [1.807, 2.05) is 0 Å². The predicted molar refractivity (Wildman–Crippen MR) is 19.3 cm³/mol.